The number of rotatable bonds is 2. The highest BCUT2D eigenvalue weighted by atomic mass is 16.5. The van der Waals surface area contributed by atoms with E-state index in [1.54, 1.807) is 24.3 Å². The van der Waals surface area contributed by atoms with Crippen molar-refractivity contribution in [3.8, 4) is 23.0 Å². The Hall–Kier alpha value is -4.76. The van der Waals surface area contributed by atoms with Gasteiger partial charge in [-0.3, -0.25) is 0 Å². The summed E-state index contributed by atoms with van der Waals surface area (Å²) in [6.07, 6.45) is 0. The molecule has 1 aliphatic heterocycles. The van der Waals surface area contributed by atoms with Gasteiger partial charge in [-0.2, -0.15) is 0 Å². The molecular formula is C33H22O3. The molecule has 3 nitrogen and oxygen atoms in total. The fourth-order valence-electron chi connectivity index (χ4n) is 5.72. The molecule has 0 aliphatic carbocycles. The summed E-state index contributed by atoms with van der Waals surface area (Å²) in [7, 11) is 0. The lowest BCUT2D eigenvalue weighted by Crippen LogP contribution is -2.34. The van der Waals surface area contributed by atoms with Crippen molar-refractivity contribution < 1.29 is 14.9 Å². The summed E-state index contributed by atoms with van der Waals surface area (Å²) in [5, 5.41) is 24.1. The predicted molar refractivity (Wildman–Crippen MR) is 143 cm³/mol. The molecule has 36 heavy (non-hydrogen) atoms. The molecule has 0 fully saturated rings. The molecule has 0 atom stereocenters. The first-order valence-electron chi connectivity index (χ1n) is 12.0. The molecule has 1 heterocycles. The number of phenols is 2. The molecule has 3 heteroatoms. The van der Waals surface area contributed by atoms with E-state index in [1.165, 1.54) is 0 Å². The fraction of sp³-hybridized carbons (Fsp3) is 0.0303. The van der Waals surface area contributed by atoms with Gasteiger partial charge in [-0.15, -0.1) is 0 Å². The molecule has 0 spiro atoms. The zero-order chi connectivity index (χ0) is 24.3. The van der Waals surface area contributed by atoms with E-state index in [0.717, 1.165) is 55.3 Å². The average molecular weight is 467 g/mol. The molecule has 7 rings (SSSR count). The Labute approximate surface area is 208 Å². The normalized spacial score (nSPS) is 13.7. The van der Waals surface area contributed by atoms with Gasteiger partial charge in [0.2, 0.25) is 0 Å². The highest BCUT2D eigenvalue weighted by molar-refractivity contribution is 5.88. The van der Waals surface area contributed by atoms with Crippen LogP contribution in [-0.2, 0) is 5.41 Å². The van der Waals surface area contributed by atoms with Gasteiger partial charge in [-0.1, -0.05) is 72.8 Å². The third kappa shape index (κ3) is 2.93. The molecular weight excluding hydrogens is 444 g/mol. The van der Waals surface area contributed by atoms with Gasteiger partial charge in [0, 0.05) is 11.1 Å². The molecule has 6 aromatic carbocycles. The quantitative estimate of drug-likeness (QED) is 0.272. The van der Waals surface area contributed by atoms with Gasteiger partial charge in [0.25, 0.3) is 0 Å². The molecule has 0 aromatic heterocycles. The van der Waals surface area contributed by atoms with Gasteiger partial charge < -0.3 is 14.9 Å². The summed E-state index contributed by atoms with van der Waals surface area (Å²) < 4.78 is 6.42. The molecule has 0 saturated heterocycles. The number of fused-ring (bicyclic) bond motifs is 4. The fourth-order valence-corrected chi connectivity index (χ4v) is 5.72. The topological polar surface area (TPSA) is 49.7 Å². The van der Waals surface area contributed by atoms with Crippen molar-refractivity contribution in [2.24, 2.45) is 0 Å². The van der Waals surface area contributed by atoms with E-state index in [1.807, 2.05) is 36.4 Å². The lowest BCUT2D eigenvalue weighted by Gasteiger charge is -2.41. The lowest BCUT2D eigenvalue weighted by atomic mass is 9.63. The number of hydrogen-bond donors (Lipinski definition) is 2. The van der Waals surface area contributed by atoms with Crippen LogP contribution in [0.2, 0.25) is 0 Å². The first-order chi connectivity index (χ1) is 17.6. The number of phenolic OH excluding ortho intramolecular Hbond substituents is 2. The van der Waals surface area contributed by atoms with Crippen molar-refractivity contribution in [3.05, 3.63) is 144 Å². The second-order valence-electron chi connectivity index (χ2n) is 9.34. The maximum Gasteiger partial charge on any atom is 0.132 e. The molecule has 0 unspecified atom stereocenters. The van der Waals surface area contributed by atoms with Gasteiger partial charge >= 0.3 is 0 Å². The second-order valence-corrected chi connectivity index (χ2v) is 9.34. The number of hydrogen-bond acceptors (Lipinski definition) is 3. The van der Waals surface area contributed by atoms with Gasteiger partial charge in [0.1, 0.15) is 23.0 Å². The predicted octanol–water partition coefficient (Wildman–Crippen LogP) is 7.89. The summed E-state index contributed by atoms with van der Waals surface area (Å²) >= 11 is 0. The van der Waals surface area contributed by atoms with E-state index in [-0.39, 0.29) is 11.5 Å². The van der Waals surface area contributed by atoms with Crippen LogP contribution in [0, 0.1) is 0 Å². The SMILES string of the molecule is Oc1ccc2cc(C3(c4ccc5cc(O)ccc5c4)c4ccccc4Oc4ccccc43)ccc2c1. The number of aromatic hydroxyl groups is 2. The zero-order valence-corrected chi connectivity index (χ0v) is 19.3. The smallest absolute Gasteiger partial charge is 0.132 e. The van der Waals surface area contributed by atoms with Gasteiger partial charge in [-0.05, 0) is 81.2 Å². The Morgan fingerprint density at radius 1 is 0.444 bits per heavy atom. The first-order valence-corrected chi connectivity index (χ1v) is 12.0. The van der Waals surface area contributed by atoms with Crippen LogP contribution in [0.3, 0.4) is 0 Å². The Morgan fingerprint density at radius 3 is 1.36 bits per heavy atom. The summed E-state index contributed by atoms with van der Waals surface area (Å²) in [5.41, 5.74) is 3.73. The van der Waals surface area contributed by atoms with Crippen LogP contribution in [0.15, 0.2) is 121 Å². The van der Waals surface area contributed by atoms with Crippen LogP contribution in [0.5, 0.6) is 23.0 Å². The van der Waals surface area contributed by atoms with E-state index in [9.17, 15) is 10.2 Å². The van der Waals surface area contributed by atoms with Gasteiger partial charge in [0.15, 0.2) is 0 Å². The second kappa shape index (κ2) is 7.62. The van der Waals surface area contributed by atoms with Gasteiger partial charge in [-0.25, -0.2) is 0 Å². The third-order valence-electron chi connectivity index (χ3n) is 7.32. The van der Waals surface area contributed by atoms with E-state index in [4.69, 9.17) is 4.74 Å². The highest BCUT2D eigenvalue weighted by Gasteiger charge is 2.45. The van der Waals surface area contributed by atoms with E-state index in [2.05, 4.69) is 60.7 Å². The minimum absolute atomic E-state index is 0.254. The van der Waals surface area contributed by atoms with Crippen molar-refractivity contribution in [3.63, 3.8) is 0 Å². The minimum atomic E-state index is -0.635. The molecule has 0 saturated carbocycles. The maximum atomic E-state index is 10.0. The van der Waals surface area contributed by atoms with E-state index in [0.29, 0.717) is 0 Å². The Kier molecular flexibility index (Phi) is 4.36. The average Bonchev–Trinajstić information content (AvgIpc) is 2.91. The third-order valence-corrected chi connectivity index (χ3v) is 7.32. The molecule has 2 N–H and O–H groups in total. The van der Waals surface area contributed by atoms with Crippen molar-refractivity contribution in [1.82, 2.24) is 0 Å². The van der Waals surface area contributed by atoms with Crippen molar-refractivity contribution in [1.29, 1.82) is 0 Å². The molecule has 0 radical (unpaired) electrons. The standard InChI is InChI=1S/C33H22O3/c34-27-15-11-21-17-25(13-9-23(21)19-27)33(26-14-10-24-20-28(35)16-12-22(24)18-26)29-5-1-3-7-31(29)36-32-8-4-2-6-30(32)33/h1-20,34-35H. The number of ether oxygens (including phenoxy) is 1. The van der Waals surface area contributed by atoms with Crippen molar-refractivity contribution in [2.75, 3.05) is 0 Å². The van der Waals surface area contributed by atoms with Crippen LogP contribution < -0.4 is 4.74 Å². The summed E-state index contributed by atoms with van der Waals surface area (Å²) in [6, 6.07) is 40.3. The lowest BCUT2D eigenvalue weighted by molar-refractivity contribution is 0.434. The molecule has 1 aliphatic rings. The summed E-state index contributed by atoms with van der Waals surface area (Å²) in [4.78, 5) is 0. The van der Waals surface area contributed by atoms with Crippen LogP contribution in [0.1, 0.15) is 22.3 Å². The monoisotopic (exact) mass is 466 g/mol. The van der Waals surface area contributed by atoms with Crippen molar-refractivity contribution >= 4 is 21.5 Å². The largest absolute Gasteiger partial charge is 0.508 e. The van der Waals surface area contributed by atoms with Gasteiger partial charge in [0.05, 0.1) is 5.41 Å². The maximum absolute atomic E-state index is 10.0. The number of para-hydroxylation sites is 2. The molecule has 6 aromatic rings. The van der Waals surface area contributed by atoms with Crippen LogP contribution in [0.4, 0.5) is 0 Å². The first kappa shape index (κ1) is 20.6. The molecule has 0 bridgehead atoms. The van der Waals surface area contributed by atoms with E-state index < -0.39 is 5.41 Å². The highest BCUT2D eigenvalue weighted by Crippen LogP contribution is 2.55. The molecule has 0 amide bonds. The summed E-state index contributed by atoms with van der Waals surface area (Å²) in [5.74, 6) is 2.16. The summed E-state index contributed by atoms with van der Waals surface area (Å²) in [6.45, 7) is 0. The number of benzene rings is 6. The van der Waals surface area contributed by atoms with Crippen LogP contribution >= 0.6 is 0 Å². The van der Waals surface area contributed by atoms with Crippen molar-refractivity contribution in [2.45, 2.75) is 5.41 Å². The Bertz CT molecular complexity index is 1670. The van der Waals surface area contributed by atoms with E-state index >= 15 is 0 Å². The van der Waals surface area contributed by atoms with Crippen LogP contribution in [0.25, 0.3) is 21.5 Å². The zero-order valence-electron chi connectivity index (χ0n) is 19.3. The Balaban J connectivity index is 1.63. The molecule has 172 valence electrons. The minimum Gasteiger partial charge on any atom is -0.508 e. The van der Waals surface area contributed by atoms with Crippen LogP contribution in [-0.4, -0.2) is 10.2 Å². The Morgan fingerprint density at radius 2 is 0.861 bits per heavy atom.